The molecule has 100 valence electrons. The van der Waals surface area contributed by atoms with Gasteiger partial charge in [0.25, 0.3) is 0 Å². The topological polar surface area (TPSA) is 26.3 Å². The highest BCUT2D eigenvalue weighted by atomic mass is 28.3. The van der Waals surface area contributed by atoms with Crippen molar-refractivity contribution in [2.75, 3.05) is 6.61 Å². The Morgan fingerprint density at radius 3 is 2.72 bits per heavy atom. The second-order valence-electron chi connectivity index (χ2n) is 5.94. The zero-order valence-corrected chi connectivity index (χ0v) is 13.0. The van der Waals surface area contributed by atoms with Gasteiger partial charge in [0, 0.05) is 12.3 Å². The normalized spacial score (nSPS) is 23.4. The van der Waals surface area contributed by atoms with Crippen LogP contribution in [0.5, 0.6) is 0 Å². The number of hydrogen-bond donors (Lipinski definition) is 0. The summed E-state index contributed by atoms with van der Waals surface area (Å²) in [5, 5.41) is 1.47. The highest BCUT2D eigenvalue weighted by molar-refractivity contribution is 6.83. The van der Waals surface area contributed by atoms with Gasteiger partial charge in [0.15, 0.2) is 0 Å². The minimum Gasteiger partial charge on any atom is -0.465 e. The van der Waals surface area contributed by atoms with E-state index in [9.17, 15) is 4.79 Å². The van der Waals surface area contributed by atoms with Crippen LogP contribution in [0.15, 0.2) is 36.1 Å². The lowest BCUT2D eigenvalue weighted by molar-refractivity contribution is -0.142. The molecule has 18 heavy (non-hydrogen) atoms. The average molecular weight is 264 g/mol. The quantitative estimate of drug-likeness (QED) is 0.428. The molecular weight excluding hydrogens is 240 g/mol. The van der Waals surface area contributed by atoms with Gasteiger partial charge in [-0.15, -0.1) is 6.58 Å². The van der Waals surface area contributed by atoms with E-state index < -0.39 is 8.07 Å². The minimum atomic E-state index is -1.43. The average Bonchev–Trinajstić information content (AvgIpc) is 2.26. The second-order valence-corrected chi connectivity index (χ2v) is 11.0. The second kappa shape index (κ2) is 5.70. The molecule has 0 bridgehead atoms. The van der Waals surface area contributed by atoms with E-state index in [0.29, 0.717) is 6.61 Å². The maximum atomic E-state index is 11.1. The fraction of sp³-hybridized carbons (Fsp3) is 0.533. The highest BCUT2D eigenvalue weighted by Gasteiger charge is 2.39. The monoisotopic (exact) mass is 264 g/mol. The van der Waals surface area contributed by atoms with Gasteiger partial charge < -0.3 is 4.74 Å². The molecule has 2 nitrogen and oxygen atoms in total. The van der Waals surface area contributed by atoms with Crippen molar-refractivity contribution < 1.29 is 9.53 Å². The van der Waals surface area contributed by atoms with E-state index in [1.807, 2.05) is 6.08 Å². The molecule has 3 heteroatoms. The number of ether oxygens (including phenoxy) is 1. The number of hydrogen-bond acceptors (Lipinski definition) is 2. The molecular formula is C15H24O2Si. The Morgan fingerprint density at radius 2 is 2.22 bits per heavy atom. The standard InChI is InChI=1S/C15H24O2Si/c1-6-10-15(12-17-13(2)16)11-8-7-9-14(15)18(3,4)5/h6,8-9,11H,1,7,10,12H2,2-5H3. The fourth-order valence-electron chi connectivity index (χ4n) is 2.68. The Kier molecular flexibility index (Phi) is 4.74. The van der Waals surface area contributed by atoms with Gasteiger partial charge in [-0.05, 0) is 12.8 Å². The van der Waals surface area contributed by atoms with Gasteiger partial charge in [0.05, 0.1) is 8.07 Å². The van der Waals surface area contributed by atoms with Crippen LogP contribution in [0.25, 0.3) is 0 Å². The van der Waals surface area contributed by atoms with Crippen LogP contribution in [0.4, 0.5) is 0 Å². The predicted molar refractivity (Wildman–Crippen MR) is 79.1 cm³/mol. The van der Waals surface area contributed by atoms with Gasteiger partial charge in [-0.1, -0.05) is 49.1 Å². The smallest absolute Gasteiger partial charge is 0.302 e. The number of carbonyl (C=O) groups excluding carboxylic acids is 1. The Morgan fingerprint density at radius 1 is 1.56 bits per heavy atom. The lowest BCUT2D eigenvalue weighted by atomic mass is 9.81. The number of esters is 1. The number of rotatable bonds is 5. The third kappa shape index (κ3) is 3.45. The summed E-state index contributed by atoms with van der Waals surface area (Å²) in [7, 11) is -1.43. The molecule has 0 aromatic rings. The molecule has 1 rings (SSSR count). The van der Waals surface area contributed by atoms with E-state index in [4.69, 9.17) is 4.74 Å². The highest BCUT2D eigenvalue weighted by Crippen LogP contribution is 2.42. The van der Waals surface area contributed by atoms with E-state index >= 15 is 0 Å². The molecule has 0 saturated heterocycles. The SMILES string of the molecule is C=CCC1(COC(C)=O)C=CCC=C1[Si](C)(C)C. The molecule has 0 aromatic heterocycles. The van der Waals surface area contributed by atoms with Crippen molar-refractivity contribution in [3.8, 4) is 0 Å². The molecule has 0 fully saturated rings. The van der Waals surface area contributed by atoms with Gasteiger partial charge in [-0.2, -0.15) is 0 Å². The van der Waals surface area contributed by atoms with Gasteiger partial charge in [0.2, 0.25) is 0 Å². The Labute approximate surface area is 111 Å². The fourth-order valence-corrected chi connectivity index (χ4v) is 5.16. The van der Waals surface area contributed by atoms with E-state index in [1.54, 1.807) is 0 Å². The number of carbonyl (C=O) groups is 1. The molecule has 0 spiro atoms. The van der Waals surface area contributed by atoms with Crippen LogP contribution in [0.2, 0.25) is 19.6 Å². The molecule has 1 unspecified atom stereocenters. The molecule has 0 N–H and O–H groups in total. The summed E-state index contributed by atoms with van der Waals surface area (Å²) in [6, 6.07) is 0. The van der Waals surface area contributed by atoms with Crippen LogP contribution in [0.1, 0.15) is 19.8 Å². The van der Waals surface area contributed by atoms with Gasteiger partial charge in [0.1, 0.15) is 6.61 Å². The zero-order valence-electron chi connectivity index (χ0n) is 12.0. The van der Waals surface area contributed by atoms with Crippen LogP contribution in [0.3, 0.4) is 0 Å². The zero-order chi connectivity index (χ0) is 13.8. The molecule has 0 heterocycles. The maximum absolute atomic E-state index is 11.1. The molecule has 0 saturated carbocycles. The summed E-state index contributed by atoms with van der Waals surface area (Å²) in [6.45, 7) is 12.8. The van der Waals surface area contributed by atoms with Crippen molar-refractivity contribution in [2.45, 2.75) is 39.4 Å². The van der Waals surface area contributed by atoms with Gasteiger partial charge in [-0.3, -0.25) is 4.79 Å². The summed E-state index contributed by atoms with van der Waals surface area (Å²) >= 11 is 0. The van der Waals surface area contributed by atoms with Crippen molar-refractivity contribution in [3.05, 3.63) is 36.1 Å². The van der Waals surface area contributed by atoms with E-state index in [-0.39, 0.29) is 11.4 Å². The van der Waals surface area contributed by atoms with Crippen molar-refractivity contribution in [1.29, 1.82) is 0 Å². The van der Waals surface area contributed by atoms with Crippen molar-refractivity contribution in [2.24, 2.45) is 5.41 Å². The van der Waals surface area contributed by atoms with Crippen molar-refractivity contribution in [1.82, 2.24) is 0 Å². The molecule has 0 radical (unpaired) electrons. The molecule has 1 atom stereocenters. The third-order valence-corrected chi connectivity index (χ3v) is 5.60. The molecule has 0 aromatic carbocycles. The molecule has 0 aliphatic heterocycles. The van der Waals surface area contributed by atoms with Crippen molar-refractivity contribution >= 4 is 14.0 Å². The van der Waals surface area contributed by atoms with Crippen molar-refractivity contribution in [3.63, 3.8) is 0 Å². The Bertz CT molecular complexity index is 388. The van der Waals surface area contributed by atoms with Gasteiger partial charge in [-0.25, -0.2) is 0 Å². The third-order valence-electron chi connectivity index (χ3n) is 3.28. The summed E-state index contributed by atoms with van der Waals surface area (Å²) in [5.74, 6) is -0.215. The summed E-state index contributed by atoms with van der Waals surface area (Å²) in [6.07, 6.45) is 10.4. The van der Waals surface area contributed by atoms with Gasteiger partial charge >= 0.3 is 5.97 Å². The lowest BCUT2D eigenvalue weighted by Gasteiger charge is -2.40. The first-order valence-corrected chi connectivity index (χ1v) is 9.95. The van der Waals surface area contributed by atoms with Crippen LogP contribution >= 0.6 is 0 Å². The summed E-state index contributed by atoms with van der Waals surface area (Å²) < 4.78 is 5.31. The first-order valence-electron chi connectivity index (χ1n) is 6.45. The van der Waals surface area contributed by atoms with E-state index in [0.717, 1.165) is 12.8 Å². The lowest BCUT2D eigenvalue weighted by Crippen LogP contribution is -2.40. The summed E-state index contributed by atoms with van der Waals surface area (Å²) in [4.78, 5) is 11.1. The van der Waals surface area contributed by atoms with E-state index in [1.165, 1.54) is 12.1 Å². The van der Waals surface area contributed by atoms with Crippen LogP contribution in [-0.2, 0) is 9.53 Å². The molecule has 1 aliphatic carbocycles. The molecule has 1 aliphatic rings. The largest absolute Gasteiger partial charge is 0.465 e. The number of allylic oxidation sites excluding steroid dienone is 3. The van der Waals surface area contributed by atoms with Crippen LogP contribution in [0, 0.1) is 5.41 Å². The first kappa shape index (κ1) is 15.0. The van der Waals surface area contributed by atoms with E-state index in [2.05, 4.69) is 44.4 Å². The predicted octanol–water partition coefficient (Wildman–Crippen LogP) is 3.88. The maximum Gasteiger partial charge on any atom is 0.302 e. The minimum absolute atomic E-state index is 0.157. The Hall–Kier alpha value is -1.09. The summed E-state index contributed by atoms with van der Waals surface area (Å²) in [5.41, 5.74) is -0.157. The van der Waals surface area contributed by atoms with Crippen LogP contribution < -0.4 is 0 Å². The first-order chi connectivity index (χ1) is 8.32. The van der Waals surface area contributed by atoms with Crippen LogP contribution in [-0.4, -0.2) is 20.7 Å². The Balaban J connectivity index is 3.08. The molecule has 0 amide bonds.